The highest BCUT2D eigenvalue weighted by atomic mass is 16.5. The summed E-state index contributed by atoms with van der Waals surface area (Å²) in [5.74, 6) is -0.435. The van der Waals surface area contributed by atoms with Crippen molar-refractivity contribution in [3.8, 4) is 17.0 Å². The number of hydrogen-bond donors (Lipinski definition) is 2. The Kier molecular flexibility index (Phi) is 5.61. The van der Waals surface area contributed by atoms with E-state index in [1.807, 2.05) is 55.5 Å². The Morgan fingerprint density at radius 3 is 2.58 bits per heavy atom. The predicted molar refractivity (Wildman–Crippen MR) is 114 cm³/mol. The second kappa shape index (κ2) is 8.66. The molecule has 4 rings (SSSR count). The highest BCUT2D eigenvalue weighted by Gasteiger charge is 2.19. The standard InChI is InChI=1S/C23H20N4O4/c1-14-7-6-10-17(11-14)30-13-20(28)25-26-22(29)18-12-19(16-8-4-3-5-9-16)24-23-21(18)15(2)27-31-23/h3-12H,13H2,1-2H3,(H,25,28)(H,26,29). The van der Waals surface area contributed by atoms with Crippen molar-refractivity contribution in [3.63, 3.8) is 0 Å². The lowest BCUT2D eigenvalue weighted by Crippen LogP contribution is -2.43. The monoisotopic (exact) mass is 416 g/mol. The number of ether oxygens (including phenoxy) is 1. The molecule has 156 valence electrons. The predicted octanol–water partition coefficient (Wildman–Crippen LogP) is 3.35. The molecule has 0 aliphatic carbocycles. The lowest BCUT2D eigenvalue weighted by atomic mass is 10.1. The molecule has 0 fully saturated rings. The fourth-order valence-corrected chi connectivity index (χ4v) is 3.11. The van der Waals surface area contributed by atoms with Crippen LogP contribution in [0, 0.1) is 13.8 Å². The van der Waals surface area contributed by atoms with Crippen LogP contribution >= 0.6 is 0 Å². The number of hydrazine groups is 1. The second-order valence-corrected chi connectivity index (χ2v) is 6.98. The molecule has 0 atom stereocenters. The topological polar surface area (TPSA) is 106 Å². The van der Waals surface area contributed by atoms with E-state index < -0.39 is 11.8 Å². The number of fused-ring (bicyclic) bond motifs is 1. The van der Waals surface area contributed by atoms with Gasteiger partial charge in [0.05, 0.1) is 22.3 Å². The zero-order valence-corrected chi connectivity index (χ0v) is 17.0. The molecule has 2 heterocycles. The van der Waals surface area contributed by atoms with Crippen molar-refractivity contribution in [3.05, 3.63) is 77.5 Å². The summed E-state index contributed by atoms with van der Waals surface area (Å²) in [7, 11) is 0. The molecule has 0 bridgehead atoms. The van der Waals surface area contributed by atoms with Crippen molar-refractivity contribution in [1.29, 1.82) is 0 Å². The summed E-state index contributed by atoms with van der Waals surface area (Å²) >= 11 is 0. The van der Waals surface area contributed by atoms with Crippen LogP contribution < -0.4 is 15.6 Å². The highest BCUT2D eigenvalue weighted by molar-refractivity contribution is 6.07. The van der Waals surface area contributed by atoms with Crippen molar-refractivity contribution in [1.82, 2.24) is 21.0 Å². The number of rotatable bonds is 5. The van der Waals surface area contributed by atoms with Crippen LogP contribution in [0.15, 0.2) is 65.2 Å². The van der Waals surface area contributed by atoms with E-state index in [9.17, 15) is 9.59 Å². The van der Waals surface area contributed by atoms with E-state index in [0.29, 0.717) is 28.1 Å². The SMILES string of the molecule is Cc1cccc(OCC(=O)NNC(=O)c2cc(-c3ccccc3)nc3onc(C)c23)c1. The highest BCUT2D eigenvalue weighted by Crippen LogP contribution is 2.26. The van der Waals surface area contributed by atoms with Crippen LogP contribution in [0.2, 0.25) is 0 Å². The summed E-state index contributed by atoms with van der Waals surface area (Å²) in [6.45, 7) is 3.41. The Labute approximate surface area is 178 Å². The van der Waals surface area contributed by atoms with Gasteiger partial charge in [-0.05, 0) is 37.6 Å². The van der Waals surface area contributed by atoms with Gasteiger partial charge in [-0.15, -0.1) is 0 Å². The minimum atomic E-state index is -0.514. The van der Waals surface area contributed by atoms with Crippen LogP contribution in [0.5, 0.6) is 5.75 Å². The number of aromatic nitrogens is 2. The minimum absolute atomic E-state index is 0.239. The molecular weight excluding hydrogens is 396 g/mol. The maximum atomic E-state index is 12.9. The number of benzene rings is 2. The van der Waals surface area contributed by atoms with E-state index in [-0.39, 0.29) is 12.3 Å². The quantitative estimate of drug-likeness (QED) is 0.483. The van der Waals surface area contributed by atoms with E-state index >= 15 is 0 Å². The molecule has 31 heavy (non-hydrogen) atoms. The van der Waals surface area contributed by atoms with E-state index in [2.05, 4.69) is 21.0 Å². The van der Waals surface area contributed by atoms with Gasteiger partial charge in [0.25, 0.3) is 17.5 Å². The Balaban J connectivity index is 1.49. The number of pyridine rings is 1. The number of carbonyl (C=O) groups excluding carboxylic acids is 2. The Bertz CT molecular complexity index is 1250. The summed E-state index contributed by atoms with van der Waals surface area (Å²) in [6, 6.07) is 18.4. The van der Waals surface area contributed by atoms with Gasteiger partial charge in [-0.2, -0.15) is 0 Å². The van der Waals surface area contributed by atoms with E-state index in [1.165, 1.54) is 0 Å². The number of carbonyl (C=O) groups is 2. The first-order chi connectivity index (χ1) is 15.0. The maximum Gasteiger partial charge on any atom is 0.276 e. The van der Waals surface area contributed by atoms with Crippen LogP contribution in [0.4, 0.5) is 0 Å². The third kappa shape index (κ3) is 4.53. The van der Waals surface area contributed by atoms with Gasteiger partial charge < -0.3 is 9.26 Å². The van der Waals surface area contributed by atoms with Crippen LogP contribution in [-0.2, 0) is 4.79 Å². The molecule has 8 heteroatoms. The first kappa shape index (κ1) is 20.1. The number of hydrogen-bond acceptors (Lipinski definition) is 6. The van der Waals surface area contributed by atoms with Crippen LogP contribution in [0.3, 0.4) is 0 Å². The molecular formula is C23H20N4O4. The molecule has 2 aromatic carbocycles. The average molecular weight is 416 g/mol. The molecule has 0 spiro atoms. The Morgan fingerprint density at radius 1 is 1.00 bits per heavy atom. The van der Waals surface area contributed by atoms with Crippen molar-refractivity contribution < 1.29 is 18.8 Å². The van der Waals surface area contributed by atoms with Gasteiger partial charge in [0.1, 0.15) is 5.75 Å². The van der Waals surface area contributed by atoms with Gasteiger partial charge in [0.2, 0.25) is 0 Å². The fraction of sp³-hybridized carbons (Fsp3) is 0.130. The maximum absolute atomic E-state index is 12.9. The Hall–Kier alpha value is -4.20. The molecule has 0 saturated heterocycles. The number of nitrogens with one attached hydrogen (secondary N) is 2. The van der Waals surface area contributed by atoms with Gasteiger partial charge >= 0.3 is 0 Å². The van der Waals surface area contributed by atoms with E-state index in [0.717, 1.165) is 11.1 Å². The van der Waals surface area contributed by atoms with Crippen LogP contribution in [0.1, 0.15) is 21.6 Å². The van der Waals surface area contributed by atoms with Crippen molar-refractivity contribution in [2.24, 2.45) is 0 Å². The molecule has 0 unspecified atom stereocenters. The molecule has 0 aliphatic heterocycles. The molecule has 8 nitrogen and oxygen atoms in total. The first-order valence-electron chi connectivity index (χ1n) is 9.62. The molecule has 2 amide bonds. The van der Waals surface area contributed by atoms with Crippen molar-refractivity contribution in [2.75, 3.05) is 6.61 Å². The molecule has 0 radical (unpaired) electrons. The molecule has 0 saturated carbocycles. The van der Waals surface area contributed by atoms with Gasteiger partial charge in [0.15, 0.2) is 6.61 Å². The van der Waals surface area contributed by atoms with Crippen LogP contribution in [0.25, 0.3) is 22.4 Å². The van der Waals surface area contributed by atoms with Crippen molar-refractivity contribution in [2.45, 2.75) is 13.8 Å². The molecule has 0 aliphatic rings. The summed E-state index contributed by atoms with van der Waals surface area (Å²) in [4.78, 5) is 29.4. The largest absolute Gasteiger partial charge is 0.484 e. The minimum Gasteiger partial charge on any atom is -0.484 e. The van der Waals surface area contributed by atoms with Gasteiger partial charge in [-0.1, -0.05) is 47.6 Å². The second-order valence-electron chi connectivity index (χ2n) is 6.98. The molecule has 2 aromatic heterocycles. The normalized spacial score (nSPS) is 10.6. The fourth-order valence-electron chi connectivity index (χ4n) is 3.11. The van der Waals surface area contributed by atoms with Gasteiger partial charge in [-0.3, -0.25) is 20.4 Å². The summed E-state index contributed by atoms with van der Waals surface area (Å²) in [5, 5.41) is 4.40. The zero-order chi connectivity index (χ0) is 21.8. The lowest BCUT2D eigenvalue weighted by Gasteiger charge is -2.10. The van der Waals surface area contributed by atoms with Crippen molar-refractivity contribution >= 4 is 22.9 Å². The zero-order valence-electron chi connectivity index (χ0n) is 17.0. The Morgan fingerprint density at radius 2 is 1.81 bits per heavy atom. The number of nitrogens with zero attached hydrogens (tertiary/aromatic N) is 2. The summed E-state index contributed by atoms with van der Waals surface area (Å²) in [5.41, 5.74) is 8.26. The molecule has 4 aromatic rings. The number of amides is 2. The average Bonchev–Trinajstić information content (AvgIpc) is 3.17. The van der Waals surface area contributed by atoms with E-state index in [1.54, 1.807) is 19.1 Å². The first-order valence-corrected chi connectivity index (χ1v) is 9.62. The van der Waals surface area contributed by atoms with Gasteiger partial charge in [0, 0.05) is 5.56 Å². The third-order valence-corrected chi connectivity index (χ3v) is 4.61. The van der Waals surface area contributed by atoms with Gasteiger partial charge in [-0.25, -0.2) is 4.98 Å². The molecule has 2 N–H and O–H groups in total. The summed E-state index contributed by atoms with van der Waals surface area (Å²) < 4.78 is 10.7. The van der Waals surface area contributed by atoms with Crippen LogP contribution in [-0.4, -0.2) is 28.6 Å². The smallest absolute Gasteiger partial charge is 0.276 e. The lowest BCUT2D eigenvalue weighted by molar-refractivity contribution is -0.123. The number of aryl methyl sites for hydroxylation is 2. The summed E-state index contributed by atoms with van der Waals surface area (Å²) in [6.07, 6.45) is 0. The third-order valence-electron chi connectivity index (χ3n) is 4.61. The van der Waals surface area contributed by atoms with E-state index in [4.69, 9.17) is 9.26 Å².